The molecule has 6 heteroatoms. The van der Waals surface area contributed by atoms with Gasteiger partial charge in [-0.15, -0.1) is 0 Å². The van der Waals surface area contributed by atoms with Crippen LogP contribution in [0, 0.1) is 11.3 Å². The lowest BCUT2D eigenvalue weighted by atomic mass is 9.80. The molecule has 1 aliphatic heterocycles. The fraction of sp³-hybridized carbons (Fsp3) is 0.733. The number of aryl methyl sites for hydroxylation is 1. The minimum absolute atomic E-state index is 0.141. The van der Waals surface area contributed by atoms with Crippen molar-refractivity contribution in [3.8, 4) is 0 Å². The summed E-state index contributed by atoms with van der Waals surface area (Å²) in [5.74, 6) is 0.412. The molecule has 1 atom stereocenters. The van der Waals surface area contributed by atoms with Gasteiger partial charge in [0.25, 0.3) is 0 Å². The van der Waals surface area contributed by atoms with Gasteiger partial charge in [-0.25, -0.2) is 8.42 Å². The summed E-state index contributed by atoms with van der Waals surface area (Å²) in [6.45, 7) is 10.8. The Morgan fingerprint density at radius 2 is 2.05 bits per heavy atom. The fourth-order valence-corrected chi connectivity index (χ4v) is 4.50. The predicted molar refractivity (Wildman–Crippen MR) is 84.3 cm³/mol. The minimum Gasteiger partial charge on any atom is -0.349 e. The molecule has 1 aromatic rings. The van der Waals surface area contributed by atoms with E-state index in [9.17, 15) is 8.42 Å². The van der Waals surface area contributed by atoms with Crippen LogP contribution >= 0.6 is 0 Å². The Labute approximate surface area is 128 Å². The second-order valence-electron chi connectivity index (χ2n) is 6.87. The number of nitrogens with two attached hydrogens (primary N) is 1. The minimum atomic E-state index is -3.40. The SMILES string of the molecule is CCn1cc(S(=O)(=O)N2CCC(C(C)(C)C)C2)cc1CN. The second-order valence-corrected chi connectivity index (χ2v) is 8.81. The van der Waals surface area contributed by atoms with Crippen LogP contribution in [0.15, 0.2) is 17.2 Å². The predicted octanol–water partition coefficient (Wildman–Crippen LogP) is 2.02. The Bertz CT molecular complexity index is 577. The lowest BCUT2D eigenvalue weighted by molar-refractivity contribution is 0.252. The monoisotopic (exact) mass is 313 g/mol. The van der Waals surface area contributed by atoms with Gasteiger partial charge in [0.05, 0.1) is 0 Å². The first-order chi connectivity index (χ1) is 9.70. The van der Waals surface area contributed by atoms with Gasteiger partial charge >= 0.3 is 0 Å². The van der Waals surface area contributed by atoms with E-state index >= 15 is 0 Å². The summed E-state index contributed by atoms with van der Waals surface area (Å²) in [5.41, 5.74) is 6.69. The average Bonchev–Trinajstić information content (AvgIpc) is 3.04. The van der Waals surface area contributed by atoms with Crippen molar-refractivity contribution >= 4 is 10.0 Å². The zero-order valence-corrected chi connectivity index (χ0v) is 14.3. The summed E-state index contributed by atoms with van der Waals surface area (Å²) < 4.78 is 29.1. The molecule has 120 valence electrons. The van der Waals surface area contributed by atoms with Crippen molar-refractivity contribution < 1.29 is 8.42 Å². The maximum atomic E-state index is 12.8. The van der Waals surface area contributed by atoms with Crippen LogP contribution in [0.2, 0.25) is 0 Å². The van der Waals surface area contributed by atoms with Crippen LogP contribution in [0.25, 0.3) is 0 Å². The lowest BCUT2D eigenvalue weighted by Gasteiger charge is -2.26. The van der Waals surface area contributed by atoms with Crippen molar-refractivity contribution in [2.75, 3.05) is 13.1 Å². The molecule has 1 saturated heterocycles. The molecule has 0 amide bonds. The Hall–Kier alpha value is -0.850. The Kier molecular flexibility index (Phi) is 4.52. The molecule has 2 rings (SSSR count). The molecule has 0 radical (unpaired) electrons. The number of sulfonamides is 1. The van der Waals surface area contributed by atoms with E-state index in [1.165, 1.54) is 0 Å². The van der Waals surface area contributed by atoms with Crippen LogP contribution in [0.4, 0.5) is 0 Å². The van der Waals surface area contributed by atoms with Gasteiger partial charge in [0.15, 0.2) is 0 Å². The van der Waals surface area contributed by atoms with Crippen molar-refractivity contribution in [3.63, 3.8) is 0 Å². The van der Waals surface area contributed by atoms with Crippen LogP contribution in [-0.2, 0) is 23.1 Å². The zero-order valence-electron chi connectivity index (χ0n) is 13.5. The maximum Gasteiger partial charge on any atom is 0.244 e. The van der Waals surface area contributed by atoms with Gasteiger partial charge in [-0.1, -0.05) is 20.8 Å². The van der Waals surface area contributed by atoms with Crippen LogP contribution in [-0.4, -0.2) is 30.4 Å². The first-order valence-electron chi connectivity index (χ1n) is 7.59. The molecule has 1 aromatic heterocycles. The molecule has 1 aliphatic rings. The highest BCUT2D eigenvalue weighted by Crippen LogP contribution is 2.36. The van der Waals surface area contributed by atoms with Gasteiger partial charge in [0, 0.05) is 38.1 Å². The number of nitrogens with zero attached hydrogens (tertiary/aromatic N) is 2. The van der Waals surface area contributed by atoms with Gasteiger partial charge in [-0.3, -0.25) is 0 Å². The summed E-state index contributed by atoms with van der Waals surface area (Å²) in [6, 6.07) is 1.71. The molecule has 2 heterocycles. The van der Waals surface area contributed by atoms with E-state index < -0.39 is 10.0 Å². The molecule has 0 saturated carbocycles. The van der Waals surface area contributed by atoms with Crippen molar-refractivity contribution in [3.05, 3.63) is 18.0 Å². The van der Waals surface area contributed by atoms with Crippen LogP contribution in [0.5, 0.6) is 0 Å². The highest BCUT2D eigenvalue weighted by Gasteiger charge is 2.38. The first kappa shape index (κ1) is 16.5. The molecular formula is C15H27N3O2S. The van der Waals surface area contributed by atoms with Gasteiger partial charge in [0.2, 0.25) is 10.0 Å². The van der Waals surface area contributed by atoms with Crippen molar-refractivity contribution in [1.29, 1.82) is 0 Å². The number of hydrogen-bond donors (Lipinski definition) is 1. The number of rotatable bonds is 4. The maximum absolute atomic E-state index is 12.8. The highest BCUT2D eigenvalue weighted by atomic mass is 32.2. The molecule has 0 bridgehead atoms. The molecule has 5 nitrogen and oxygen atoms in total. The Balaban J connectivity index is 2.25. The standard InChI is InChI=1S/C15H27N3O2S/c1-5-17-11-14(8-13(17)9-16)21(19,20)18-7-6-12(10-18)15(2,3)4/h8,11-12H,5-7,9-10,16H2,1-4H3. The van der Waals surface area contributed by atoms with E-state index in [2.05, 4.69) is 20.8 Å². The van der Waals surface area contributed by atoms with E-state index in [1.54, 1.807) is 16.6 Å². The summed E-state index contributed by atoms with van der Waals surface area (Å²) in [6.07, 6.45) is 2.64. The molecule has 1 fully saturated rings. The largest absolute Gasteiger partial charge is 0.349 e. The van der Waals surface area contributed by atoms with E-state index in [1.807, 2.05) is 11.5 Å². The zero-order chi connectivity index (χ0) is 15.8. The van der Waals surface area contributed by atoms with Crippen molar-refractivity contribution in [2.24, 2.45) is 17.1 Å². The van der Waals surface area contributed by atoms with Gasteiger partial charge in [-0.05, 0) is 30.7 Å². The summed E-state index contributed by atoms with van der Waals surface area (Å²) >= 11 is 0. The van der Waals surface area contributed by atoms with Crippen LogP contribution in [0.3, 0.4) is 0 Å². The fourth-order valence-electron chi connectivity index (χ4n) is 2.93. The quantitative estimate of drug-likeness (QED) is 0.924. The third-order valence-corrected chi connectivity index (χ3v) is 6.35. The highest BCUT2D eigenvalue weighted by molar-refractivity contribution is 7.89. The topological polar surface area (TPSA) is 68.3 Å². The normalized spacial score (nSPS) is 21.1. The average molecular weight is 313 g/mol. The molecule has 0 spiro atoms. The molecule has 0 aromatic carbocycles. The lowest BCUT2D eigenvalue weighted by Crippen LogP contribution is -2.31. The van der Waals surface area contributed by atoms with Crippen LogP contribution < -0.4 is 5.73 Å². The molecule has 0 aliphatic carbocycles. The first-order valence-corrected chi connectivity index (χ1v) is 9.03. The summed E-state index contributed by atoms with van der Waals surface area (Å²) in [4.78, 5) is 0.374. The smallest absolute Gasteiger partial charge is 0.244 e. The van der Waals surface area contributed by atoms with E-state index in [0.717, 1.165) is 18.7 Å². The molecule has 2 N–H and O–H groups in total. The van der Waals surface area contributed by atoms with Crippen LogP contribution in [0.1, 0.15) is 39.8 Å². The second kappa shape index (κ2) is 5.74. The third-order valence-electron chi connectivity index (χ3n) is 4.52. The number of hydrogen-bond acceptors (Lipinski definition) is 3. The van der Waals surface area contributed by atoms with Gasteiger partial charge < -0.3 is 10.3 Å². The molecular weight excluding hydrogens is 286 g/mol. The molecule has 21 heavy (non-hydrogen) atoms. The van der Waals surface area contributed by atoms with Crippen molar-refractivity contribution in [1.82, 2.24) is 8.87 Å². The van der Waals surface area contributed by atoms with E-state index in [-0.39, 0.29) is 5.41 Å². The third kappa shape index (κ3) is 3.17. The summed E-state index contributed by atoms with van der Waals surface area (Å²) in [7, 11) is -3.40. The van der Waals surface area contributed by atoms with E-state index in [0.29, 0.717) is 30.4 Å². The number of aromatic nitrogens is 1. The summed E-state index contributed by atoms with van der Waals surface area (Å²) in [5, 5.41) is 0. The Morgan fingerprint density at radius 1 is 1.38 bits per heavy atom. The Morgan fingerprint density at radius 3 is 2.48 bits per heavy atom. The molecule has 1 unspecified atom stereocenters. The van der Waals surface area contributed by atoms with Crippen molar-refractivity contribution in [2.45, 2.75) is 52.1 Å². The van der Waals surface area contributed by atoms with Gasteiger partial charge in [-0.2, -0.15) is 4.31 Å². The van der Waals surface area contributed by atoms with Gasteiger partial charge in [0.1, 0.15) is 4.90 Å². The van der Waals surface area contributed by atoms with E-state index in [4.69, 9.17) is 5.73 Å².